The number of hydrogen-bond donors (Lipinski definition) is 0. The van der Waals surface area contributed by atoms with Gasteiger partial charge in [-0.3, -0.25) is 4.79 Å². The van der Waals surface area contributed by atoms with Gasteiger partial charge in [-0.05, 0) is 47.4 Å². The molecule has 3 aromatic carbocycles. The highest BCUT2D eigenvalue weighted by Gasteiger charge is 2.17. The lowest BCUT2D eigenvalue weighted by atomic mass is 9.87. The summed E-state index contributed by atoms with van der Waals surface area (Å²) in [5.74, 6) is 1.11. The lowest BCUT2D eigenvalue weighted by Gasteiger charge is -2.18. The topological polar surface area (TPSA) is 74.3 Å². The molecule has 0 saturated heterocycles. The second-order valence-corrected chi connectivity index (χ2v) is 11.9. The third-order valence-corrected chi connectivity index (χ3v) is 7.92. The van der Waals surface area contributed by atoms with Gasteiger partial charge in [0.05, 0.1) is 22.4 Å². The maximum atomic E-state index is 13.4. The molecule has 0 aliphatic carbocycles. The first-order chi connectivity index (χ1) is 19.2. The minimum Gasteiger partial charge on any atom is -0.495 e. The zero-order valence-corrected chi connectivity index (χ0v) is 24.0. The summed E-state index contributed by atoms with van der Waals surface area (Å²) in [6.07, 6.45) is 3.74. The van der Waals surface area contributed by atoms with E-state index in [1.54, 1.807) is 17.9 Å². The molecule has 0 spiro atoms. The van der Waals surface area contributed by atoms with Gasteiger partial charge in [-0.25, -0.2) is 4.68 Å². The van der Waals surface area contributed by atoms with Gasteiger partial charge < -0.3 is 4.74 Å². The van der Waals surface area contributed by atoms with Crippen molar-refractivity contribution in [1.82, 2.24) is 24.4 Å². The lowest BCUT2D eigenvalue weighted by molar-refractivity contribution is 0.415. The van der Waals surface area contributed by atoms with Crippen molar-refractivity contribution in [2.24, 2.45) is 0 Å². The molecule has 200 valence electrons. The molecule has 40 heavy (non-hydrogen) atoms. The molecule has 7 nitrogen and oxygen atoms in total. The van der Waals surface area contributed by atoms with Crippen LogP contribution in [-0.4, -0.2) is 31.5 Å². The van der Waals surface area contributed by atoms with Gasteiger partial charge in [0.15, 0.2) is 5.82 Å². The van der Waals surface area contributed by atoms with Crippen molar-refractivity contribution in [2.45, 2.75) is 26.2 Å². The number of ether oxygens (including phenoxy) is 1. The highest BCUT2D eigenvalue weighted by Crippen LogP contribution is 2.32. The van der Waals surface area contributed by atoms with Gasteiger partial charge in [0, 0.05) is 22.9 Å². The van der Waals surface area contributed by atoms with E-state index in [1.165, 1.54) is 21.4 Å². The number of rotatable bonds is 5. The molecule has 0 amide bonds. The number of methoxy groups -OCH3 is 1. The highest BCUT2D eigenvalue weighted by atomic mass is 35.5. The quantitative estimate of drug-likeness (QED) is 0.249. The Hall–Kier alpha value is -4.27. The van der Waals surface area contributed by atoms with Crippen LogP contribution in [0.2, 0.25) is 5.02 Å². The van der Waals surface area contributed by atoms with E-state index in [2.05, 4.69) is 43.0 Å². The molecule has 3 heterocycles. The average molecular weight is 568 g/mol. The van der Waals surface area contributed by atoms with Crippen LogP contribution in [-0.2, 0) is 5.41 Å². The number of hydrogen-bond acceptors (Lipinski definition) is 6. The molecule has 0 saturated carbocycles. The van der Waals surface area contributed by atoms with Gasteiger partial charge in [0.1, 0.15) is 11.4 Å². The molecule has 6 aromatic rings. The van der Waals surface area contributed by atoms with E-state index in [0.717, 1.165) is 22.4 Å². The number of halogens is 1. The number of nitrogens with zero attached hydrogens (tertiary/aromatic N) is 5. The normalized spacial score (nSPS) is 12.4. The molecule has 0 bridgehead atoms. The Bertz CT molecular complexity index is 1950. The zero-order chi connectivity index (χ0) is 28.0. The fourth-order valence-electron chi connectivity index (χ4n) is 4.46. The van der Waals surface area contributed by atoms with Crippen LogP contribution in [0.25, 0.3) is 39.4 Å². The number of benzene rings is 3. The molecule has 3 aromatic heterocycles. The van der Waals surface area contributed by atoms with Crippen molar-refractivity contribution in [3.8, 4) is 34.1 Å². The Balaban J connectivity index is 1.44. The summed E-state index contributed by atoms with van der Waals surface area (Å²) in [5.41, 5.74) is 5.08. The molecule has 0 aliphatic rings. The Kier molecular flexibility index (Phi) is 6.52. The van der Waals surface area contributed by atoms with E-state index in [4.69, 9.17) is 21.4 Å². The predicted octanol–water partition coefficient (Wildman–Crippen LogP) is 6.18. The molecule has 6 rings (SSSR count). The van der Waals surface area contributed by atoms with Gasteiger partial charge >= 0.3 is 0 Å². The standard InChI is InChI=1S/C31H26ClN5O2S/c1-31(2,3)22-13-10-19(11-14-22)28-33-30-37(35-28)29(38)26(40-30)17-21-18-36(23-8-6-5-7-9-23)34-27(21)20-12-15-25(39-4)24(32)16-20/h5-18H,1-4H3. The molecule has 0 unspecified atom stereocenters. The van der Waals surface area contributed by atoms with E-state index in [-0.39, 0.29) is 11.0 Å². The van der Waals surface area contributed by atoms with Crippen molar-refractivity contribution < 1.29 is 4.74 Å². The monoisotopic (exact) mass is 567 g/mol. The molecule has 0 atom stereocenters. The van der Waals surface area contributed by atoms with Gasteiger partial charge in [-0.1, -0.05) is 86.2 Å². The number of thiazole rings is 1. The van der Waals surface area contributed by atoms with Crippen LogP contribution in [0.3, 0.4) is 0 Å². The predicted molar refractivity (Wildman–Crippen MR) is 161 cm³/mol. The first-order valence-electron chi connectivity index (χ1n) is 12.7. The zero-order valence-electron chi connectivity index (χ0n) is 22.4. The van der Waals surface area contributed by atoms with Gasteiger partial charge in [-0.15, -0.1) is 5.10 Å². The van der Waals surface area contributed by atoms with Gasteiger partial charge in [0.2, 0.25) is 4.96 Å². The van der Waals surface area contributed by atoms with E-state index in [9.17, 15) is 4.79 Å². The van der Waals surface area contributed by atoms with Crippen LogP contribution < -0.4 is 14.8 Å². The molecule has 9 heteroatoms. The number of fused-ring (bicyclic) bond motifs is 1. The molecule has 0 aliphatic heterocycles. The minimum absolute atomic E-state index is 0.0533. The summed E-state index contributed by atoms with van der Waals surface area (Å²) in [4.78, 5) is 18.6. The van der Waals surface area contributed by atoms with Crippen LogP contribution >= 0.6 is 22.9 Å². The lowest BCUT2D eigenvalue weighted by Crippen LogP contribution is -2.23. The van der Waals surface area contributed by atoms with E-state index >= 15 is 0 Å². The van der Waals surface area contributed by atoms with Crippen LogP contribution in [0, 0.1) is 0 Å². The molecule has 0 N–H and O–H groups in total. The van der Waals surface area contributed by atoms with E-state index in [0.29, 0.717) is 31.8 Å². The highest BCUT2D eigenvalue weighted by molar-refractivity contribution is 7.15. The van der Waals surface area contributed by atoms with Crippen LogP contribution in [0.5, 0.6) is 5.75 Å². The van der Waals surface area contributed by atoms with Gasteiger partial charge in [-0.2, -0.15) is 14.6 Å². The maximum absolute atomic E-state index is 13.4. The third kappa shape index (κ3) is 4.80. The minimum atomic E-state index is -0.226. The third-order valence-electron chi connectivity index (χ3n) is 6.67. The van der Waals surface area contributed by atoms with Crippen LogP contribution in [0.1, 0.15) is 31.9 Å². The summed E-state index contributed by atoms with van der Waals surface area (Å²) >= 11 is 7.74. The van der Waals surface area contributed by atoms with Crippen molar-refractivity contribution >= 4 is 34.0 Å². The second kappa shape index (κ2) is 10.0. The SMILES string of the molecule is COc1ccc(-c2nn(-c3ccccc3)cc2C=c2sc3nc(-c4ccc(C(C)(C)C)cc4)nn3c2=O)cc1Cl. The maximum Gasteiger partial charge on any atom is 0.291 e. The Labute approximate surface area is 240 Å². The molecule has 0 fully saturated rings. The molecule has 0 radical (unpaired) electrons. The van der Waals surface area contributed by atoms with Crippen molar-refractivity contribution in [1.29, 1.82) is 0 Å². The van der Waals surface area contributed by atoms with Gasteiger partial charge in [0.25, 0.3) is 5.56 Å². The van der Waals surface area contributed by atoms with E-state index in [1.807, 2.05) is 66.9 Å². The summed E-state index contributed by atoms with van der Waals surface area (Å²) in [5, 5.41) is 9.85. The first kappa shape index (κ1) is 26.0. The second-order valence-electron chi connectivity index (χ2n) is 10.4. The van der Waals surface area contributed by atoms with Crippen molar-refractivity contribution in [2.75, 3.05) is 7.11 Å². The largest absolute Gasteiger partial charge is 0.495 e. The Morgan fingerprint density at radius 2 is 1.68 bits per heavy atom. The Morgan fingerprint density at radius 3 is 2.33 bits per heavy atom. The fraction of sp³-hybridized carbons (Fsp3) is 0.161. The summed E-state index contributed by atoms with van der Waals surface area (Å²) in [6.45, 7) is 6.52. The first-order valence-corrected chi connectivity index (χ1v) is 13.9. The number of para-hydroxylation sites is 1. The summed E-state index contributed by atoms with van der Waals surface area (Å²) < 4.78 is 8.99. The van der Waals surface area contributed by atoms with Crippen LogP contribution in [0.15, 0.2) is 83.8 Å². The average Bonchev–Trinajstić information content (AvgIpc) is 3.64. The van der Waals surface area contributed by atoms with E-state index < -0.39 is 0 Å². The van der Waals surface area contributed by atoms with Crippen molar-refractivity contribution in [3.63, 3.8) is 0 Å². The summed E-state index contributed by atoms with van der Waals surface area (Å²) in [7, 11) is 1.58. The van der Waals surface area contributed by atoms with Crippen molar-refractivity contribution in [3.05, 3.63) is 110 Å². The Morgan fingerprint density at radius 1 is 0.950 bits per heavy atom. The van der Waals surface area contributed by atoms with Crippen LogP contribution in [0.4, 0.5) is 0 Å². The smallest absolute Gasteiger partial charge is 0.291 e. The fourth-order valence-corrected chi connectivity index (χ4v) is 5.62. The molecular weight excluding hydrogens is 542 g/mol. The number of aromatic nitrogens is 5. The molecular formula is C31H26ClN5O2S. The summed E-state index contributed by atoms with van der Waals surface area (Å²) in [6, 6.07) is 23.5.